The van der Waals surface area contributed by atoms with E-state index in [9.17, 15) is 9.90 Å². The predicted octanol–water partition coefficient (Wildman–Crippen LogP) is 2.68. The average molecular weight is 253 g/mol. The first-order valence-electron chi connectivity index (χ1n) is 5.86. The highest BCUT2D eigenvalue weighted by molar-refractivity contribution is 5.95. The van der Waals surface area contributed by atoms with Gasteiger partial charge in [-0.05, 0) is 24.3 Å². The van der Waals surface area contributed by atoms with Gasteiger partial charge in [0.2, 0.25) is 0 Å². The Morgan fingerprint density at radius 2 is 1.89 bits per heavy atom. The van der Waals surface area contributed by atoms with Gasteiger partial charge in [0.15, 0.2) is 6.10 Å². The number of benzene rings is 1. The van der Waals surface area contributed by atoms with Crippen molar-refractivity contribution < 1.29 is 14.6 Å². The molecule has 4 heteroatoms. The summed E-state index contributed by atoms with van der Waals surface area (Å²) in [4.78, 5) is 15.3. The molecule has 2 heterocycles. The molecule has 0 radical (unpaired) electrons. The largest absolute Gasteiger partial charge is 0.480 e. The summed E-state index contributed by atoms with van der Waals surface area (Å²) < 4.78 is 5.82. The van der Waals surface area contributed by atoms with Crippen molar-refractivity contribution in [1.29, 1.82) is 0 Å². The van der Waals surface area contributed by atoms with E-state index >= 15 is 0 Å². The van der Waals surface area contributed by atoms with Crippen LogP contribution in [0.4, 0.5) is 0 Å². The van der Waals surface area contributed by atoms with Crippen LogP contribution in [0.2, 0.25) is 0 Å². The van der Waals surface area contributed by atoms with Crippen molar-refractivity contribution in [3.8, 4) is 5.75 Å². The molecule has 1 atom stereocenters. The van der Waals surface area contributed by atoms with Crippen LogP contribution in [0.25, 0.3) is 6.08 Å². The number of carbonyl (C=O) groups is 1. The highest BCUT2D eigenvalue weighted by atomic mass is 16.5. The molecule has 4 nitrogen and oxygen atoms in total. The molecule has 1 aliphatic heterocycles. The minimum Gasteiger partial charge on any atom is -0.480 e. The monoisotopic (exact) mass is 253 g/mol. The number of hydrogen-bond acceptors (Lipinski definition) is 3. The Morgan fingerprint density at radius 3 is 2.63 bits per heavy atom. The van der Waals surface area contributed by atoms with Crippen LogP contribution in [-0.2, 0) is 4.79 Å². The summed E-state index contributed by atoms with van der Waals surface area (Å²) in [7, 11) is 0. The number of carboxylic acid groups (broad SMARTS) is 1. The maximum Gasteiger partial charge on any atom is 0.335 e. The first-order chi connectivity index (χ1) is 9.25. The lowest BCUT2D eigenvalue weighted by atomic mass is 9.97. The number of rotatable bonds is 2. The average Bonchev–Trinajstić information content (AvgIpc) is 2.46. The van der Waals surface area contributed by atoms with E-state index in [1.54, 1.807) is 30.6 Å². The number of nitrogens with zero attached hydrogens (tertiary/aromatic N) is 1. The second-order valence-corrected chi connectivity index (χ2v) is 4.22. The second kappa shape index (κ2) is 4.57. The molecule has 1 aromatic carbocycles. The Labute approximate surface area is 110 Å². The number of aromatic nitrogens is 1. The van der Waals surface area contributed by atoms with Crippen molar-refractivity contribution in [2.24, 2.45) is 0 Å². The van der Waals surface area contributed by atoms with E-state index in [-0.39, 0.29) is 5.57 Å². The molecule has 0 amide bonds. The summed E-state index contributed by atoms with van der Waals surface area (Å²) in [6.07, 6.45) is 4.30. The fraction of sp³-hybridized carbons (Fsp3) is 0.0667. The molecule has 0 saturated heterocycles. The minimum absolute atomic E-state index is 0.227. The first kappa shape index (κ1) is 11.5. The molecule has 1 unspecified atom stereocenters. The summed E-state index contributed by atoms with van der Waals surface area (Å²) >= 11 is 0. The molecule has 0 spiro atoms. The minimum atomic E-state index is -0.976. The van der Waals surface area contributed by atoms with Crippen LogP contribution in [0.5, 0.6) is 5.75 Å². The number of pyridine rings is 1. The lowest BCUT2D eigenvalue weighted by molar-refractivity contribution is -0.133. The van der Waals surface area contributed by atoms with E-state index in [1.165, 1.54) is 0 Å². The Balaban J connectivity index is 2.10. The van der Waals surface area contributed by atoms with Gasteiger partial charge in [-0.3, -0.25) is 4.98 Å². The number of hydrogen-bond donors (Lipinski definition) is 1. The van der Waals surface area contributed by atoms with Crippen molar-refractivity contribution >= 4 is 12.0 Å². The fourth-order valence-electron chi connectivity index (χ4n) is 2.10. The third-order valence-corrected chi connectivity index (χ3v) is 3.01. The normalized spacial score (nSPS) is 17.1. The zero-order valence-electron chi connectivity index (χ0n) is 9.98. The molecule has 0 saturated carbocycles. The third kappa shape index (κ3) is 2.08. The van der Waals surface area contributed by atoms with Crippen molar-refractivity contribution in [2.75, 3.05) is 0 Å². The van der Waals surface area contributed by atoms with Crippen LogP contribution in [0, 0.1) is 0 Å². The molecular formula is C15H11NO3. The molecule has 0 aliphatic carbocycles. The van der Waals surface area contributed by atoms with Crippen LogP contribution >= 0.6 is 0 Å². The Kier molecular flexibility index (Phi) is 2.76. The highest BCUT2D eigenvalue weighted by Gasteiger charge is 2.28. The van der Waals surface area contributed by atoms with Crippen molar-refractivity contribution in [3.63, 3.8) is 0 Å². The summed E-state index contributed by atoms with van der Waals surface area (Å²) in [6.45, 7) is 0. The van der Waals surface area contributed by atoms with Crippen molar-refractivity contribution in [1.82, 2.24) is 4.98 Å². The van der Waals surface area contributed by atoms with E-state index in [4.69, 9.17) is 4.74 Å². The van der Waals surface area contributed by atoms with Crippen LogP contribution in [-0.4, -0.2) is 16.1 Å². The molecule has 3 rings (SSSR count). The number of carboxylic acids is 1. The van der Waals surface area contributed by atoms with Crippen LogP contribution in [0.3, 0.4) is 0 Å². The van der Waals surface area contributed by atoms with Gasteiger partial charge in [0.05, 0.1) is 5.57 Å². The molecule has 1 N–H and O–H groups in total. The highest BCUT2D eigenvalue weighted by Crippen LogP contribution is 2.36. The molecular weight excluding hydrogens is 242 g/mol. The van der Waals surface area contributed by atoms with E-state index in [0.29, 0.717) is 5.75 Å². The third-order valence-electron chi connectivity index (χ3n) is 3.01. The summed E-state index contributed by atoms with van der Waals surface area (Å²) in [5, 5.41) is 9.33. The lowest BCUT2D eigenvalue weighted by Gasteiger charge is -2.25. The maximum absolute atomic E-state index is 11.4. The van der Waals surface area contributed by atoms with Gasteiger partial charge >= 0.3 is 5.97 Å². The number of para-hydroxylation sites is 1. The van der Waals surface area contributed by atoms with Crippen molar-refractivity contribution in [2.45, 2.75) is 6.10 Å². The molecule has 0 bridgehead atoms. The molecule has 2 aromatic rings. The predicted molar refractivity (Wildman–Crippen MR) is 69.7 cm³/mol. The maximum atomic E-state index is 11.4. The van der Waals surface area contributed by atoms with Crippen molar-refractivity contribution in [3.05, 3.63) is 65.5 Å². The molecule has 94 valence electrons. The van der Waals surface area contributed by atoms with E-state index in [2.05, 4.69) is 4.98 Å². The lowest BCUT2D eigenvalue weighted by Crippen LogP contribution is -2.20. The first-order valence-corrected chi connectivity index (χ1v) is 5.86. The zero-order valence-corrected chi connectivity index (χ0v) is 9.98. The van der Waals surface area contributed by atoms with Gasteiger partial charge in [-0.15, -0.1) is 0 Å². The fourth-order valence-corrected chi connectivity index (χ4v) is 2.10. The van der Waals surface area contributed by atoms with Gasteiger partial charge < -0.3 is 9.84 Å². The summed E-state index contributed by atoms with van der Waals surface area (Å²) in [5.74, 6) is -0.286. The van der Waals surface area contributed by atoms with Gasteiger partial charge in [-0.25, -0.2) is 4.79 Å². The molecule has 19 heavy (non-hydrogen) atoms. The SMILES string of the molecule is O=C(O)C1=Cc2ccccc2OC1c1ccncc1. The number of fused-ring (bicyclic) bond motifs is 1. The zero-order chi connectivity index (χ0) is 13.2. The van der Waals surface area contributed by atoms with Gasteiger partial charge in [0.1, 0.15) is 5.75 Å². The second-order valence-electron chi connectivity index (χ2n) is 4.22. The Morgan fingerprint density at radius 1 is 1.16 bits per heavy atom. The Hall–Kier alpha value is -2.62. The number of ether oxygens (including phenoxy) is 1. The Bertz CT molecular complexity index is 649. The van der Waals surface area contributed by atoms with E-state index in [0.717, 1.165) is 11.1 Å². The number of aliphatic carboxylic acids is 1. The van der Waals surface area contributed by atoms with Crippen LogP contribution < -0.4 is 4.74 Å². The summed E-state index contributed by atoms with van der Waals surface area (Å²) in [5.41, 5.74) is 1.79. The summed E-state index contributed by atoms with van der Waals surface area (Å²) in [6, 6.07) is 10.9. The smallest absolute Gasteiger partial charge is 0.335 e. The van der Waals surface area contributed by atoms with Gasteiger partial charge in [-0.1, -0.05) is 18.2 Å². The molecule has 1 aromatic heterocycles. The molecule has 0 fully saturated rings. The standard InChI is InChI=1S/C15H11NO3/c17-15(18)12-9-11-3-1-2-4-13(11)19-14(12)10-5-7-16-8-6-10/h1-9,14H,(H,17,18). The molecule has 1 aliphatic rings. The van der Waals surface area contributed by atoms with Gasteiger partial charge in [-0.2, -0.15) is 0 Å². The van der Waals surface area contributed by atoms with Gasteiger partial charge in [0, 0.05) is 23.5 Å². The van der Waals surface area contributed by atoms with Gasteiger partial charge in [0.25, 0.3) is 0 Å². The quantitative estimate of drug-likeness (QED) is 0.893. The van der Waals surface area contributed by atoms with E-state index in [1.807, 2.05) is 24.3 Å². The van der Waals surface area contributed by atoms with E-state index < -0.39 is 12.1 Å². The topological polar surface area (TPSA) is 59.4 Å². The van der Waals surface area contributed by atoms with Crippen LogP contribution in [0.15, 0.2) is 54.4 Å². The van der Waals surface area contributed by atoms with Crippen LogP contribution in [0.1, 0.15) is 17.2 Å².